The molecule has 5 nitrogen and oxygen atoms in total. The highest BCUT2D eigenvalue weighted by molar-refractivity contribution is 5.97. The highest BCUT2D eigenvalue weighted by atomic mass is 19.4. The van der Waals surface area contributed by atoms with E-state index in [1.54, 1.807) is 0 Å². The Hall–Kier alpha value is -1.83. The minimum Gasteiger partial charge on any atom is -0.368 e. The molecule has 0 radical (unpaired) electrons. The number of nitrogens with zero attached hydrogens (tertiary/aromatic N) is 1. The lowest BCUT2D eigenvalue weighted by molar-refractivity contribution is -0.141. The molecule has 0 spiro atoms. The molecular weight excluding hydrogens is 273 g/mol. The molecule has 20 heavy (non-hydrogen) atoms. The minimum atomic E-state index is -4.58. The van der Waals surface area contributed by atoms with Crippen molar-refractivity contribution >= 4 is 11.7 Å². The van der Waals surface area contributed by atoms with Crippen molar-refractivity contribution in [1.82, 2.24) is 4.98 Å². The van der Waals surface area contributed by atoms with Crippen LogP contribution in [-0.4, -0.2) is 23.5 Å². The monoisotopic (exact) mass is 288 g/mol. The van der Waals surface area contributed by atoms with Crippen molar-refractivity contribution in [2.75, 3.05) is 11.9 Å². The number of alkyl halides is 3. The van der Waals surface area contributed by atoms with Crippen LogP contribution < -0.4 is 16.8 Å². The zero-order valence-electron chi connectivity index (χ0n) is 10.6. The number of carbonyl (C=O) groups is 1. The van der Waals surface area contributed by atoms with E-state index in [0.717, 1.165) is 25.0 Å². The first-order chi connectivity index (χ1) is 9.29. The summed E-state index contributed by atoms with van der Waals surface area (Å²) in [5.41, 5.74) is 9.81. The van der Waals surface area contributed by atoms with E-state index in [-0.39, 0.29) is 24.0 Å². The van der Waals surface area contributed by atoms with Gasteiger partial charge in [-0.3, -0.25) is 4.79 Å². The molecule has 1 aromatic rings. The predicted octanol–water partition coefficient (Wildman–Crippen LogP) is 1.35. The number of carbonyl (C=O) groups excluding carboxylic acids is 1. The fraction of sp³-hybridized carbons (Fsp3) is 0.500. The first kappa shape index (κ1) is 14.6. The van der Waals surface area contributed by atoms with E-state index in [1.807, 2.05) is 0 Å². The Bertz CT molecular complexity index is 514. The van der Waals surface area contributed by atoms with Gasteiger partial charge in [-0.25, -0.2) is 4.98 Å². The number of halogens is 3. The van der Waals surface area contributed by atoms with Gasteiger partial charge in [0.15, 0.2) is 0 Å². The first-order valence-corrected chi connectivity index (χ1v) is 6.16. The van der Waals surface area contributed by atoms with Crippen molar-refractivity contribution in [2.24, 2.45) is 17.4 Å². The number of hydrogen-bond donors (Lipinski definition) is 3. The highest BCUT2D eigenvalue weighted by Gasteiger charge is 2.34. The van der Waals surface area contributed by atoms with E-state index in [4.69, 9.17) is 11.5 Å². The van der Waals surface area contributed by atoms with Crippen LogP contribution in [0.2, 0.25) is 0 Å². The molecule has 0 aliphatic heterocycles. The van der Waals surface area contributed by atoms with E-state index >= 15 is 0 Å². The standard InChI is InChI=1S/C12H15F3N4O/c13-12(14,15)9-4-3-7(10(17)20)11(19-9)18-5-8(16)6-1-2-6/h3-4,6,8H,1-2,5,16H2,(H2,17,20)(H,18,19). The maximum atomic E-state index is 12.6. The third kappa shape index (κ3) is 3.38. The van der Waals surface area contributed by atoms with Crippen LogP contribution in [0, 0.1) is 5.92 Å². The van der Waals surface area contributed by atoms with Crippen molar-refractivity contribution in [3.63, 3.8) is 0 Å². The lowest BCUT2D eigenvalue weighted by atomic mass is 10.2. The number of aromatic nitrogens is 1. The number of rotatable bonds is 5. The Morgan fingerprint density at radius 3 is 2.60 bits per heavy atom. The van der Waals surface area contributed by atoms with Gasteiger partial charge in [0, 0.05) is 12.6 Å². The van der Waals surface area contributed by atoms with Crippen LogP contribution in [-0.2, 0) is 6.18 Å². The Kier molecular flexibility index (Phi) is 3.85. The van der Waals surface area contributed by atoms with Crippen molar-refractivity contribution in [1.29, 1.82) is 0 Å². The SMILES string of the molecule is NC(=O)c1ccc(C(F)(F)F)nc1NCC(N)C1CC1. The molecule has 0 saturated heterocycles. The van der Waals surface area contributed by atoms with Crippen LogP contribution in [0.4, 0.5) is 19.0 Å². The largest absolute Gasteiger partial charge is 0.433 e. The second-order valence-electron chi connectivity index (χ2n) is 4.84. The molecule has 1 heterocycles. The maximum Gasteiger partial charge on any atom is 0.433 e. The normalized spacial score (nSPS) is 16.8. The second kappa shape index (κ2) is 5.28. The lowest BCUT2D eigenvalue weighted by Crippen LogP contribution is -2.32. The summed E-state index contributed by atoms with van der Waals surface area (Å²) in [4.78, 5) is 14.6. The molecule has 8 heteroatoms. The zero-order valence-corrected chi connectivity index (χ0v) is 10.6. The molecule has 110 valence electrons. The van der Waals surface area contributed by atoms with Crippen LogP contribution in [0.1, 0.15) is 28.9 Å². The van der Waals surface area contributed by atoms with Gasteiger partial charge in [-0.15, -0.1) is 0 Å². The molecule has 2 rings (SSSR count). The Labute approximate surface area is 113 Å². The molecule has 1 unspecified atom stereocenters. The predicted molar refractivity (Wildman–Crippen MR) is 66.9 cm³/mol. The third-order valence-electron chi connectivity index (χ3n) is 3.18. The van der Waals surface area contributed by atoms with E-state index in [0.29, 0.717) is 5.92 Å². The number of hydrogen-bond acceptors (Lipinski definition) is 4. The Balaban J connectivity index is 2.19. The molecule has 0 aromatic carbocycles. The number of amides is 1. The fourth-order valence-electron chi connectivity index (χ4n) is 1.86. The van der Waals surface area contributed by atoms with Crippen molar-refractivity contribution < 1.29 is 18.0 Å². The molecule has 1 atom stereocenters. The summed E-state index contributed by atoms with van der Waals surface area (Å²) in [7, 11) is 0. The molecule has 1 aromatic heterocycles. The molecular formula is C12H15F3N4O. The van der Waals surface area contributed by atoms with Gasteiger partial charge >= 0.3 is 6.18 Å². The summed E-state index contributed by atoms with van der Waals surface area (Å²) in [6.07, 6.45) is -2.55. The fourth-order valence-corrected chi connectivity index (χ4v) is 1.86. The smallest absolute Gasteiger partial charge is 0.368 e. The van der Waals surface area contributed by atoms with E-state index in [2.05, 4.69) is 10.3 Å². The van der Waals surface area contributed by atoms with Gasteiger partial charge in [-0.2, -0.15) is 13.2 Å². The lowest BCUT2D eigenvalue weighted by Gasteiger charge is -2.15. The quantitative estimate of drug-likeness (QED) is 0.762. The summed E-state index contributed by atoms with van der Waals surface area (Å²) >= 11 is 0. The van der Waals surface area contributed by atoms with Crippen LogP contribution in [0.3, 0.4) is 0 Å². The zero-order chi connectivity index (χ0) is 14.9. The van der Waals surface area contributed by atoms with Crippen LogP contribution in [0.15, 0.2) is 12.1 Å². The summed E-state index contributed by atoms with van der Waals surface area (Å²) in [5, 5.41) is 2.69. The van der Waals surface area contributed by atoms with Crippen molar-refractivity contribution in [3.8, 4) is 0 Å². The molecule has 0 bridgehead atoms. The average molecular weight is 288 g/mol. The van der Waals surface area contributed by atoms with Crippen LogP contribution >= 0.6 is 0 Å². The maximum absolute atomic E-state index is 12.6. The molecule has 5 N–H and O–H groups in total. The Morgan fingerprint density at radius 2 is 2.10 bits per heavy atom. The first-order valence-electron chi connectivity index (χ1n) is 6.16. The summed E-state index contributed by atoms with van der Waals surface area (Å²) in [5.74, 6) is -0.637. The number of nitrogens with two attached hydrogens (primary N) is 2. The van der Waals surface area contributed by atoms with Gasteiger partial charge in [-0.1, -0.05) is 0 Å². The molecule has 1 fully saturated rings. The molecule has 1 saturated carbocycles. The Morgan fingerprint density at radius 1 is 1.45 bits per heavy atom. The second-order valence-corrected chi connectivity index (χ2v) is 4.84. The summed E-state index contributed by atoms with van der Waals surface area (Å²) < 4.78 is 37.8. The number of anilines is 1. The molecule has 1 aliphatic rings. The van der Waals surface area contributed by atoms with Gasteiger partial charge in [0.2, 0.25) is 0 Å². The van der Waals surface area contributed by atoms with Gasteiger partial charge < -0.3 is 16.8 Å². The topological polar surface area (TPSA) is 94.0 Å². The van der Waals surface area contributed by atoms with Gasteiger partial charge in [0.25, 0.3) is 5.91 Å². The highest BCUT2D eigenvalue weighted by Crippen LogP contribution is 2.32. The van der Waals surface area contributed by atoms with Gasteiger partial charge in [0.05, 0.1) is 5.56 Å². The molecule has 1 amide bonds. The summed E-state index contributed by atoms with van der Waals surface area (Å²) in [6.45, 7) is 0.249. The van der Waals surface area contributed by atoms with E-state index < -0.39 is 17.8 Å². The average Bonchev–Trinajstić information content (AvgIpc) is 3.18. The van der Waals surface area contributed by atoms with Gasteiger partial charge in [0.1, 0.15) is 11.5 Å². The van der Waals surface area contributed by atoms with Crippen LogP contribution in [0.5, 0.6) is 0 Å². The number of primary amides is 1. The summed E-state index contributed by atoms with van der Waals surface area (Å²) in [6, 6.07) is 1.57. The minimum absolute atomic E-state index is 0.0824. The van der Waals surface area contributed by atoms with Gasteiger partial charge in [-0.05, 0) is 30.9 Å². The third-order valence-corrected chi connectivity index (χ3v) is 3.18. The van der Waals surface area contributed by atoms with Crippen molar-refractivity contribution in [2.45, 2.75) is 25.1 Å². The van der Waals surface area contributed by atoms with E-state index in [9.17, 15) is 18.0 Å². The van der Waals surface area contributed by atoms with E-state index in [1.165, 1.54) is 0 Å². The number of nitrogens with one attached hydrogen (secondary N) is 1. The van der Waals surface area contributed by atoms with Crippen molar-refractivity contribution in [3.05, 3.63) is 23.4 Å². The molecule has 1 aliphatic carbocycles. The van der Waals surface area contributed by atoms with Crippen LogP contribution in [0.25, 0.3) is 0 Å². The number of pyridine rings is 1.